The number of hydrogen-bond donors (Lipinski definition) is 3. The Morgan fingerprint density at radius 1 is 1.59 bits per heavy atom. The number of carbonyl (C=O) groups excluding carboxylic acids is 1. The van der Waals surface area contributed by atoms with Gasteiger partial charge in [0.25, 0.3) is 0 Å². The Labute approximate surface area is 102 Å². The third-order valence-electron chi connectivity index (χ3n) is 2.50. The van der Waals surface area contributed by atoms with Crippen LogP contribution in [0.1, 0.15) is 33.0 Å². The molecule has 4 N–H and O–H groups in total. The van der Waals surface area contributed by atoms with Crippen LogP contribution in [0.15, 0.2) is 12.4 Å². The first kappa shape index (κ1) is 13.7. The van der Waals surface area contributed by atoms with Crippen molar-refractivity contribution in [2.75, 3.05) is 6.54 Å². The molecule has 17 heavy (non-hydrogen) atoms. The second-order valence-corrected chi connectivity index (χ2v) is 5.45. The summed E-state index contributed by atoms with van der Waals surface area (Å²) in [5.74, 6) is 0.619. The normalized spacial score (nSPS) is 13.4. The van der Waals surface area contributed by atoms with E-state index in [4.69, 9.17) is 5.73 Å². The molecule has 1 rings (SSSR count). The summed E-state index contributed by atoms with van der Waals surface area (Å²) < 4.78 is 0. The van der Waals surface area contributed by atoms with Crippen molar-refractivity contribution in [1.82, 2.24) is 15.3 Å². The molecule has 0 saturated carbocycles. The van der Waals surface area contributed by atoms with Gasteiger partial charge in [-0.2, -0.15) is 0 Å². The van der Waals surface area contributed by atoms with Crippen LogP contribution in [0.5, 0.6) is 0 Å². The molecule has 1 heterocycles. The van der Waals surface area contributed by atoms with Crippen LogP contribution in [0.3, 0.4) is 0 Å². The summed E-state index contributed by atoms with van der Waals surface area (Å²) in [5.41, 5.74) is 5.75. The van der Waals surface area contributed by atoms with E-state index in [9.17, 15) is 4.79 Å². The molecule has 0 fully saturated rings. The minimum Gasteiger partial charge on any atom is -0.349 e. The van der Waals surface area contributed by atoms with Crippen molar-refractivity contribution < 1.29 is 4.79 Å². The molecule has 5 heteroatoms. The maximum atomic E-state index is 11.9. The molecule has 1 aromatic rings. The highest BCUT2D eigenvalue weighted by Gasteiger charge is 2.23. The Morgan fingerprint density at radius 3 is 2.76 bits per heavy atom. The number of amides is 1. The Balaban J connectivity index is 2.44. The Kier molecular flexibility index (Phi) is 4.69. The molecule has 1 amide bonds. The van der Waals surface area contributed by atoms with Gasteiger partial charge in [-0.15, -0.1) is 0 Å². The van der Waals surface area contributed by atoms with E-state index in [1.54, 1.807) is 12.4 Å². The zero-order chi connectivity index (χ0) is 12.9. The summed E-state index contributed by atoms with van der Waals surface area (Å²) in [6.45, 7) is 7.12. The van der Waals surface area contributed by atoms with Gasteiger partial charge in [0.15, 0.2) is 0 Å². The van der Waals surface area contributed by atoms with Crippen LogP contribution < -0.4 is 11.1 Å². The molecule has 1 atom stereocenters. The fraction of sp³-hybridized carbons (Fsp3) is 0.667. The first-order chi connectivity index (χ1) is 7.92. The highest BCUT2D eigenvalue weighted by atomic mass is 16.1. The highest BCUT2D eigenvalue weighted by molar-refractivity contribution is 5.78. The third-order valence-corrected chi connectivity index (χ3v) is 2.50. The molecule has 0 aliphatic rings. The number of imidazole rings is 1. The second-order valence-electron chi connectivity index (χ2n) is 5.45. The predicted molar refractivity (Wildman–Crippen MR) is 67.1 cm³/mol. The van der Waals surface area contributed by atoms with E-state index in [0.717, 1.165) is 12.2 Å². The molecule has 0 radical (unpaired) electrons. The lowest BCUT2D eigenvalue weighted by Gasteiger charge is -2.24. The van der Waals surface area contributed by atoms with E-state index >= 15 is 0 Å². The molecule has 96 valence electrons. The van der Waals surface area contributed by atoms with Gasteiger partial charge in [-0.25, -0.2) is 4.98 Å². The van der Waals surface area contributed by atoms with Gasteiger partial charge in [-0.1, -0.05) is 20.8 Å². The maximum Gasteiger partial charge on any atom is 0.224 e. The molecular weight excluding hydrogens is 216 g/mol. The van der Waals surface area contributed by atoms with E-state index in [2.05, 4.69) is 36.1 Å². The standard InChI is InChI=1S/C12H22N4O/c1-12(2,3)6-9(7-13)11(17)16-8-10-14-4-5-15-10/h4-5,9H,6-8,13H2,1-3H3,(H,14,15)(H,16,17). The zero-order valence-corrected chi connectivity index (χ0v) is 10.8. The summed E-state index contributed by atoms with van der Waals surface area (Å²) in [7, 11) is 0. The van der Waals surface area contributed by atoms with Gasteiger partial charge in [0.1, 0.15) is 5.82 Å². The molecule has 1 aromatic heterocycles. The van der Waals surface area contributed by atoms with Crippen molar-refractivity contribution in [3.63, 3.8) is 0 Å². The predicted octanol–water partition coefficient (Wildman–Crippen LogP) is 1.04. The van der Waals surface area contributed by atoms with Gasteiger partial charge >= 0.3 is 0 Å². The van der Waals surface area contributed by atoms with Crippen LogP contribution in [0, 0.1) is 11.3 Å². The van der Waals surface area contributed by atoms with Crippen molar-refractivity contribution >= 4 is 5.91 Å². The molecule has 5 nitrogen and oxygen atoms in total. The zero-order valence-electron chi connectivity index (χ0n) is 10.8. The molecule has 0 aromatic carbocycles. The topological polar surface area (TPSA) is 83.8 Å². The first-order valence-electron chi connectivity index (χ1n) is 5.88. The van der Waals surface area contributed by atoms with Crippen molar-refractivity contribution in [2.24, 2.45) is 17.1 Å². The molecule has 0 spiro atoms. The van der Waals surface area contributed by atoms with Gasteiger partial charge < -0.3 is 16.0 Å². The smallest absolute Gasteiger partial charge is 0.224 e. The van der Waals surface area contributed by atoms with Crippen molar-refractivity contribution in [1.29, 1.82) is 0 Å². The first-order valence-corrected chi connectivity index (χ1v) is 5.88. The quantitative estimate of drug-likeness (QED) is 0.716. The van der Waals surface area contributed by atoms with Crippen molar-refractivity contribution in [3.8, 4) is 0 Å². The summed E-state index contributed by atoms with van der Waals surface area (Å²) in [6.07, 6.45) is 4.18. The average Bonchev–Trinajstić information content (AvgIpc) is 2.74. The lowest BCUT2D eigenvalue weighted by molar-refractivity contribution is -0.125. The van der Waals surface area contributed by atoms with Crippen LogP contribution in [0.2, 0.25) is 0 Å². The summed E-state index contributed by atoms with van der Waals surface area (Å²) in [6, 6.07) is 0. The summed E-state index contributed by atoms with van der Waals surface area (Å²) in [5, 5.41) is 2.85. The number of H-pyrrole nitrogens is 1. The van der Waals surface area contributed by atoms with E-state index in [0.29, 0.717) is 13.1 Å². The number of aromatic nitrogens is 2. The minimum atomic E-state index is -0.134. The lowest BCUT2D eigenvalue weighted by atomic mass is 9.84. The lowest BCUT2D eigenvalue weighted by Crippen LogP contribution is -2.37. The monoisotopic (exact) mass is 238 g/mol. The Morgan fingerprint density at radius 2 is 2.29 bits per heavy atom. The van der Waals surface area contributed by atoms with E-state index in [1.165, 1.54) is 0 Å². The van der Waals surface area contributed by atoms with Gasteiger partial charge in [0.05, 0.1) is 12.5 Å². The fourth-order valence-corrected chi connectivity index (χ4v) is 1.73. The highest BCUT2D eigenvalue weighted by Crippen LogP contribution is 2.23. The second kappa shape index (κ2) is 5.82. The van der Waals surface area contributed by atoms with E-state index < -0.39 is 0 Å². The number of hydrogen-bond acceptors (Lipinski definition) is 3. The van der Waals surface area contributed by atoms with Gasteiger partial charge in [0, 0.05) is 18.9 Å². The van der Waals surface area contributed by atoms with E-state index in [-0.39, 0.29) is 17.2 Å². The van der Waals surface area contributed by atoms with Gasteiger partial charge in [-0.05, 0) is 11.8 Å². The number of carbonyl (C=O) groups is 1. The molecule has 0 saturated heterocycles. The Bertz CT molecular complexity index is 340. The summed E-state index contributed by atoms with van der Waals surface area (Å²) >= 11 is 0. The largest absolute Gasteiger partial charge is 0.349 e. The van der Waals surface area contributed by atoms with Crippen molar-refractivity contribution in [2.45, 2.75) is 33.7 Å². The van der Waals surface area contributed by atoms with Crippen LogP contribution in [-0.2, 0) is 11.3 Å². The van der Waals surface area contributed by atoms with Gasteiger partial charge in [-0.3, -0.25) is 4.79 Å². The van der Waals surface area contributed by atoms with Crippen LogP contribution in [0.4, 0.5) is 0 Å². The number of nitrogens with one attached hydrogen (secondary N) is 2. The molecular formula is C12H22N4O. The third kappa shape index (κ3) is 4.99. The summed E-state index contributed by atoms with van der Waals surface area (Å²) in [4.78, 5) is 18.9. The average molecular weight is 238 g/mol. The number of rotatable bonds is 5. The molecule has 0 aliphatic carbocycles. The van der Waals surface area contributed by atoms with Crippen LogP contribution in [-0.4, -0.2) is 22.4 Å². The Hall–Kier alpha value is -1.36. The van der Waals surface area contributed by atoms with Gasteiger partial charge in [0.2, 0.25) is 5.91 Å². The number of nitrogens with zero attached hydrogens (tertiary/aromatic N) is 1. The number of nitrogens with two attached hydrogens (primary N) is 1. The number of aromatic amines is 1. The fourth-order valence-electron chi connectivity index (χ4n) is 1.73. The SMILES string of the molecule is CC(C)(C)CC(CN)C(=O)NCc1ncc[nH]1. The molecule has 0 aliphatic heterocycles. The van der Waals surface area contributed by atoms with E-state index in [1.807, 2.05) is 0 Å². The maximum absolute atomic E-state index is 11.9. The molecule has 1 unspecified atom stereocenters. The van der Waals surface area contributed by atoms with Crippen molar-refractivity contribution in [3.05, 3.63) is 18.2 Å². The minimum absolute atomic E-state index is 0.00109. The van der Waals surface area contributed by atoms with Crippen LogP contribution in [0.25, 0.3) is 0 Å². The molecule has 0 bridgehead atoms. The van der Waals surface area contributed by atoms with Crippen LogP contribution >= 0.6 is 0 Å².